The van der Waals surface area contributed by atoms with Gasteiger partial charge in [0.1, 0.15) is 5.75 Å². The lowest BCUT2D eigenvalue weighted by Gasteiger charge is -2.59. The van der Waals surface area contributed by atoms with Crippen molar-refractivity contribution in [2.45, 2.75) is 43.6 Å². The average molecular weight is 269 g/mol. The molecule has 1 aliphatic heterocycles. The van der Waals surface area contributed by atoms with E-state index in [1.807, 2.05) is 12.1 Å². The first kappa shape index (κ1) is 12.5. The second-order valence-electron chi connectivity index (χ2n) is 6.94. The van der Waals surface area contributed by atoms with Gasteiger partial charge in [-0.2, -0.15) is 0 Å². The molecule has 0 spiro atoms. The molecule has 4 rings (SSSR count). The van der Waals surface area contributed by atoms with Crippen molar-refractivity contribution in [3.05, 3.63) is 35.9 Å². The molecular weight excluding hydrogens is 246 g/mol. The summed E-state index contributed by atoms with van der Waals surface area (Å²) in [5.41, 5.74) is 4.25. The lowest BCUT2D eigenvalue weighted by molar-refractivity contribution is 0.0341. The summed E-state index contributed by atoms with van der Waals surface area (Å²) in [6.45, 7) is 5.57. The Balaban J connectivity index is 1.97. The van der Waals surface area contributed by atoms with Crippen LogP contribution in [0.5, 0.6) is 5.75 Å². The van der Waals surface area contributed by atoms with Gasteiger partial charge in [0.25, 0.3) is 0 Å². The van der Waals surface area contributed by atoms with Crippen LogP contribution in [0.3, 0.4) is 0 Å². The van der Waals surface area contributed by atoms with E-state index in [4.69, 9.17) is 0 Å². The van der Waals surface area contributed by atoms with Crippen LogP contribution < -0.4 is 0 Å². The number of fused-ring (bicyclic) bond motifs is 1. The zero-order valence-electron chi connectivity index (χ0n) is 12.2. The maximum atomic E-state index is 9.97. The van der Waals surface area contributed by atoms with Gasteiger partial charge in [0.15, 0.2) is 0 Å². The van der Waals surface area contributed by atoms with Gasteiger partial charge in [0.2, 0.25) is 0 Å². The molecule has 3 aliphatic rings. The molecule has 1 heterocycles. The van der Waals surface area contributed by atoms with E-state index in [2.05, 4.69) is 24.6 Å². The van der Waals surface area contributed by atoms with Crippen LogP contribution in [-0.2, 0) is 5.41 Å². The van der Waals surface area contributed by atoms with Gasteiger partial charge in [0, 0.05) is 11.5 Å². The standard InChI is InChI=1S/C18H23NO/c1-12-14-7-6-13(20)11-16(14)18-8-4-3-5-15(18)17(12)19(2)10-9-18/h6-7,11,15,17,20H,1,3-5,8-10H2,2H3/t15-,17+,18+/m0/s1. The maximum absolute atomic E-state index is 9.97. The quantitative estimate of drug-likeness (QED) is 0.778. The Morgan fingerprint density at radius 1 is 1.30 bits per heavy atom. The zero-order valence-corrected chi connectivity index (χ0v) is 12.2. The highest BCUT2D eigenvalue weighted by Gasteiger charge is 2.54. The number of phenols is 1. The second kappa shape index (κ2) is 4.11. The third kappa shape index (κ3) is 1.43. The molecule has 2 bridgehead atoms. The number of benzene rings is 1. The fraction of sp³-hybridized carbons (Fsp3) is 0.556. The van der Waals surface area contributed by atoms with E-state index in [0.717, 1.165) is 6.54 Å². The topological polar surface area (TPSA) is 23.5 Å². The van der Waals surface area contributed by atoms with Crippen LogP contribution in [0, 0.1) is 5.92 Å². The third-order valence-corrected chi connectivity index (χ3v) is 6.11. The molecule has 1 saturated heterocycles. The van der Waals surface area contributed by atoms with Crippen molar-refractivity contribution in [2.24, 2.45) is 5.92 Å². The van der Waals surface area contributed by atoms with Crippen LogP contribution in [0.15, 0.2) is 24.8 Å². The van der Waals surface area contributed by atoms with Gasteiger partial charge >= 0.3 is 0 Å². The fourth-order valence-corrected chi connectivity index (χ4v) is 5.22. The van der Waals surface area contributed by atoms with Crippen molar-refractivity contribution in [1.29, 1.82) is 0 Å². The Morgan fingerprint density at radius 3 is 3.00 bits per heavy atom. The highest BCUT2D eigenvalue weighted by atomic mass is 16.3. The van der Waals surface area contributed by atoms with Crippen LogP contribution in [0.25, 0.3) is 5.57 Å². The molecule has 1 N–H and O–H groups in total. The molecule has 0 radical (unpaired) electrons. The van der Waals surface area contributed by atoms with E-state index in [0.29, 0.717) is 23.1 Å². The van der Waals surface area contributed by atoms with Crippen LogP contribution >= 0.6 is 0 Å². The van der Waals surface area contributed by atoms with Gasteiger partial charge in [-0.3, -0.25) is 4.90 Å². The predicted octanol–water partition coefficient (Wildman–Crippen LogP) is 3.55. The molecule has 2 heteroatoms. The Labute approximate surface area is 121 Å². The highest BCUT2D eigenvalue weighted by molar-refractivity contribution is 5.75. The summed E-state index contributed by atoms with van der Waals surface area (Å²) >= 11 is 0. The number of hydrogen-bond donors (Lipinski definition) is 1. The molecule has 2 aliphatic carbocycles. The average Bonchev–Trinajstić information content (AvgIpc) is 2.46. The number of aromatic hydroxyl groups is 1. The van der Waals surface area contributed by atoms with E-state index in [1.165, 1.54) is 48.8 Å². The molecule has 2 nitrogen and oxygen atoms in total. The van der Waals surface area contributed by atoms with Crippen LogP contribution in [-0.4, -0.2) is 29.6 Å². The summed E-state index contributed by atoms with van der Waals surface area (Å²) in [5, 5.41) is 9.97. The summed E-state index contributed by atoms with van der Waals surface area (Å²) in [4.78, 5) is 2.51. The molecule has 1 aromatic carbocycles. The summed E-state index contributed by atoms with van der Waals surface area (Å²) in [6.07, 6.45) is 6.50. The van der Waals surface area contributed by atoms with Crippen molar-refractivity contribution in [1.82, 2.24) is 4.90 Å². The van der Waals surface area contributed by atoms with E-state index in [-0.39, 0.29) is 0 Å². The highest BCUT2D eigenvalue weighted by Crippen LogP contribution is 2.58. The van der Waals surface area contributed by atoms with Crippen molar-refractivity contribution >= 4 is 5.57 Å². The third-order valence-electron chi connectivity index (χ3n) is 6.11. The molecule has 2 fully saturated rings. The van der Waals surface area contributed by atoms with Gasteiger partial charge in [-0.1, -0.05) is 25.5 Å². The van der Waals surface area contributed by atoms with Crippen LogP contribution in [0.1, 0.15) is 43.2 Å². The van der Waals surface area contributed by atoms with Gasteiger partial charge in [-0.25, -0.2) is 0 Å². The normalized spacial score (nSPS) is 36.4. The second-order valence-corrected chi connectivity index (χ2v) is 6.94. The smallest absolute Gasteiger partial charge is 0.115 e. The molecule has 0 unspecified atom stereocenters. The molecule has 106 valence electrons. The molecule has 0 amide bonds. The van der Waals surface area contributed by atoms with E-state index in [9.17, 15) is 5.11 Å². The molecule has 1 saturated carbocycles. The van der Waals surface area contributed by atoms with Crippen molar-refractivity contribution < 1.29 is 5.11 Å². The summed E-state index contributed by atoms with van der Waals surface area (Å²) in [7, 11) is 2.25. The number of nitrogens with zero attached hydrogens (tertiary/aromatic N) is 1. The van der Waals surface area contributed by atoms with E-state index >= 15 is 0 Å². The molecule has 20 heavy (non-hydrogen) atoms. The number of piperidine rings is 1. The van der Waals surface area contributed by atoms with Gasteiger partial charge in [-0.15, -0.1) is 0 Å². The molecule has 1 aromatic rings. The van der Waals surface area contributed by atoms with Crippen molar-refractivity contribution in [3.8, 4) is 5.75 Å². The number of phenolic OH excluding ortho intramolecular Hbond substituents is 1. The number of hydrogen-bond acceptors (Lipinski definition) is 2. The van der Waals surface area contributed by atoms with Crippen LogP contribution in [0.2, 0.25) is 0 Å². The Kier molecular flexibility index (Phi) is 2.56. The Hall–Kier alpha value is -1.28. The molecule has 0 aromatic heterocycles. The summed E-state index contributed by atoms with van der Waals surface area (Å²) < 4.78 is 0. The minimum atomic E-state index is 0.296. The van der Waals surface area contributed by atoms with Gasteiger partial charge < -0.3 is 5.11 Å². The van der Waals surface area contributed by atoms with Crippen molar-refractivity contribution in [2.75, 3.05) is 13.6 Å². The largest absolute Gasteiger partial charge is 0.508 e. The lowest BCUT2D eigenvalue weighted by Crippen LogP contribution is -2.59. The molecule has 3 atom stereocenters. The number of likely N-dealkylation sites (tertiary alicyclic amines) is 1. The Bertz CT molecular complexity index is 579. The van der Waals surface area contributed by atoms with Gasteiger partial charge in [0.05, 0.1) is 0 Å². The predicted molar refractivity (Wildman–Crippen MR) is 81.8 cm³/mol. The first-order chi connectivity index (χ1) is 9.63. The van der Waals surface area contributed by atoms with Crippen molar-refractivity contribution in [3.63, 3.8) is 0 Å². The monoisotopic (exact) mass is 269 g/mol. The van der Waals surface area contributed by atoms with E-state index < -0.39 is 0 Å². The molecular formula is C18H23NO. The minimum absolute atomic E-state index is 0.296. The van der Waals surface area contributed by atoms with E-state index in [1.54, 1.807) is 0 Å². The first-order valence-electron chi connectivity index (χ1n) is 7.86. The number of rotatable bonds is 0. The lowest BCUT2D eigenvalue weighted by atomic mass is 9.51. The summed E-state index contributed by atoms with van der Waals surface area (Å²) in [5.74, 6) is 1.10. The SMILES string of the molecule is C=C1c2ccc(O)cc2[C@@]23CCCC[C@H]2[C@@H]1N(C)CC3. The van der Waals surface area contributed by atoms with Gasteiger partial charge in [-0.05, 0) is 67.6 Å². The maximum Gasteiger partial charge on any atom is 0.115 e. The minimum Gasteiger partial charge on any atom is -0.508 e. The first-order valence-corrected chi connectivity index (χ1v) is 7.86. The fourth-order valence-electron chi connectivity index (χ4n) is 5.22. The van der Waals surface area contributed by atoms with Crippen LogP contribution in [0.4, 0.5) is 0 Å². The summed E-state index contributed by atoms with van der Waals surface area (Å²) in [6, 6.07) is 6.44. The number of likely N-dealkylation sites (N-methyl/N-ethyl adjacent to an activating group) is 1. The zero-order chi connectivity index (χ0) is 13.9. The Morgan fingerprint density at radius 2 is 2.15 bits per heavy atom.